The van der Waals surface area contributed by atoms with Crippen molar-refractivity contribution in [1.82, 2.24) is 10.4 Å². The molecule has 106 valence electrons. The van der Waals surface area contributed by atoms with Crippen molar-refractivity contribution in [2.24, 2.45) is 0 Å². The Morgan fingerprint density at radius 3 is 2.65 bits per heavy atom. The van der Waals surface area contributed by atoms with Crippen LogP contribution < -0.4 is 5.32 Å². The fraction of sp³-hybridized carbons (Fsp3) is 0.214. The summed E-state index contributed by atoms with van der Waals surface area (Å²) in [5.41, 5.74) is 0.917. The Bertz CT molecular complexity index is 526. The number of hydrogen-bond donors (Lipinski definition) is 1. The van der Waals surface area contributed by atoms with Gasteiger partial charge in [-0.15, -0.1) is 0 Å². The van der Waals surface area contributed by atoms with Crippen LogP contribution in [0, 0.1) is 0 Å². The minimum absolute atomic E-state index is 0.206. The van der Waals surface area contributed by atoms with E-state index in [-0.39, 0.29) is 6.54 Å². The Hall–Kier alpha value is -2.63. The second-order valence-electron chi connectivity index (χ2n) is 3.71. The van der Waals surface area contributed by atoms with Crippen molar-refractivity contribution in [3.63, 3.8) is 0 Å². The molecule has 0 aromatic heterocycles. The van der Waals surface area contributed by atoms with Crippen molar-refractivity contribution in [2.45, 2.75) is 6.92 Å². The van der Waals surface area contributed by atoms with Crippen LogP contribution in [0.1, 0.15) is 22.8 Å². The minimum Gasteiger partial charge on any atom is -0.323 e. The van der Waals surface area contributed by atoms with Crippen LogP contribution in [0.3, 0.4) is 0 Å². The molecule has 20 heavy (non-hydrogen) atoms. The maximum atomic E-state index is 12.3. The molecule has 0 fully saturated rings. The quantitative estimate of drug-likeness (QED) is 0.515. The molecule has 0 aliphatic heterocycles. The highest BCUT2D eigenvalue weighted by atomic mass is 16.7. The number of aldehydes is 1. The van der Waals surface area contributed by atoms with Crippen LogP contribution >= 0.6 is 0 Å². The first kappa shape index (κ1) is 15.4. The number of benzene rings is 1. The summed E-state index contributed by atoms with van der Waals surface area (Å²) in [4.78, 5) is 38.7. The highest BCUT2D eigenvalue weighted by Gasteiger charge is 2.20. The molecule has 0 bridgehead atoms. The SMILES string of the molecule is CCN(OC(=O)NC)C(=O)c1ccccc1/C=C/C=O. The zero-order chi connectivity index (χ0) is 15.0. The van der Waals surface area contributed by atoms with Gasteiger partial charge in [-0.05, 0) is 24.6 Å². The summed E-state index contributed by atoms with van der Waals surface area (Å²) in [6.07, 6.45) is 2.72. The Kier molecular flexibility index (Phi) is 5.96. The monoisotopic (exact) mass is 276 g/mol. The van der Waals surface area contributed by atoms with Gasteiger partial charge in [-0.3, -0.25) is 9.59 Å². The number of nitrogens with one attached hydrogen (secondary N) is 1. The first-order valence-electron chi connectivity index (χ1n) is 6.06. The Morgan fingerprint density at radius 2 is 2.05 bits per heavy atom. The van der Waals surface area contributed by atoms with Crippen molar-refractivity contribution in [1.29, 1.82) is 0 Å². The molecule has 0 unspecified atom stereocenters. The predicted octanol–water partition coefficient (Wildman–Crippen LogP) is 1.63. The number of amides is 2. The molecule has 0 spiro atoms. The summed E-state index contributed by atoms with van der Waals surface area (Å²) in [7, 11) is 1.40. The third-order valence-electron chi connectivity index (χ3n) is 2.46. The van der Waals surface area contributed by atoms with Gasteiger partial charge in [0.05, 0.1) is 6.54 Å². The minimum atomic E-state index is -0.721. The molecule has 0 aliphatic carbocycles. The number of allylic oxidation sites excluding steroid dienone is 1. The zero-order valence-corrected chi connectivity index (χ0v) is 11.3. The van der Waals surface area contributed by atoms with E-state index in [1.54, 1.807) is 31.2 Å². The van der Waals surface area contributed by atoms with E-state index in [1.165, 1.54) is 19.2 Å². The van der Waals surface area contributed by atoms with Gasteiger partial charge in [-0.2, -0.15) is 5.06 Å². The van der Waals surface area contributed by atoms with E-state index in [0.29, 0.717) is 17.4 Å². The van der Waals surface area contributed by atoms with E-state index < -0.39 is 12.0 Å². The number of carbonyl (C=O) groups is 3. The summed E-state index contributed by atoms with van der Waals surface area (Å²) in [6.45, 7) is 1.89. The largest absolute Gasteiger partial charge is 0.431 e. The fourth-order valence-electron chi connectivity index (χ4n) is 1.51. The maximum Gasteiger partial charge on any atom is 0.431 e. The normalized spacial score (nSPS) is 10.1. The number of rotatable bonds is 4. The van der Waals surface area contributed by atoms with Crippen molar-refractivity contribution >= 4 is 24.4 Å². The lowest BCUT2D eigenvalue weighted by Gasteiger charge is -2.19. The topological polar surface area (TPSA) is 75.7 Å². The van der Waals surface area contributed by atoms with Crippen LogP contribution in [0.5, 0.6) is 0 Å². The van der Waals surface area contributed by atoms with Crippen molar-refractivity contribution in [2.75, 3.05) is 13.6 Å². The summed E-state index contributed by atoms with van der Waals surface area (Å²) in [6, 6.07) is 6.74. The summed E-state index contributed by atoms with van der Waals surface area (Å²) >= 11 is 0. The zero-order valence-electron chi connectivity index (χ0n) is 11.3. The van der Waals surface area contributed by atoms with E-state index >= 15 is 0 Å². The molecular weight excluding hydrogens is 260 g/mol. The molecule has 0 atom stereocenters. The number of hydroxylamine groups is 2. The highest BCUT2D eigenvalue weighted by molar-refractivity contribution is 5.98. The molecule has 0 saturated carbocycles. The highest BCUT2D eigenvalue weighted by Crippen LogP contribution is 2.14. The first-order chi connectivity index (χ1) is 9.63. The van der Waals surface area contributed by atoms with Gasteiger partial charge in [-0.25, -0.2) is 4.79 Å². The molecule has 6 heteroatoms. The lowest BCUT2D eigenvalue weighted by molar-refractivity contribution is -0.104. The smallest absolute Gasteiger partial charge is 0.323 e. The van der Waals surface area contributed by atoms with E-state index in [1.807, 2.05) is 0 Å². The van der Waals surface area contributed by atoms with Gasteiger partial charge in [0, 0.05) is 12.6 Å². The molecule has 6 nitrogen and oxygen atoms in total. The van der Waals surface area contributed by atoms with E-state index in [2.05, 4.69) is 5.32 Å². The molecule has 0 radical (unpaired) electrons. The number of hydrogen-bond acceptors (Lipinski definition) is 4. The molecular formula is C14H16N2O4. The van der Waals surface area contributed by atoms with E-state index in [0.717, 1.165) is 5.06 Å². The number of nitrogens with zero attached hydrogens (tertiary/aromatic N) is 1. The third kappa shape index (κ3) is 3.94. The fourth-order valence-corrected chi connectivity index (χ4v) is 1.51. The van der Waals surface area contributed by atoms with Gasteiger partial charge in [0.25, 0.3) is 5.91 Å². The van der Waals surface area contributed by atoms with Crippen molar-refractivity contribution in [3.05, 3.63) is 41.5 Å². The van der Waals surface area contributed by atoms with Crippen LogP contribution in [0.15, 0.2) is 30.3 Å². The van der Waals surface area contributed by atoms with Gasteiger partial charge in [-0.1, -0.05) is 24.3 Å². The van der Waals surface area contributed by atoms with Crippen molar-refractivity contribution in [3.8, 4) is 0 Å². The molecule has 1 N–H and O–H groups in total. The van der Waals surface area contributed by atoms with Gasteiger partial charge in [0.15, 0.2) is 0 Å². The second kappa shape index (κ2) is 7.73. The third-order valence-corrected chi connectivity index (χ3v) is 2.46. The van der Waals surface area contributed by atoms with Gasteiger partial charge in [0.1, 0.15) is 6.29 Å². The van der Waals surface area contributed by atoms with Crippen LogP contribution in [0.25, 0.3) is 6.08 Å². The summed E-state index contributed by atoms with van der Waals surface area (Å²) in [5.74, 6) is -0.456. The average molecular weight is 276 g/mol. The first-order valence-corrected chi connectivity index (χ1v) is 6.06. The van der Waals surface area contributed by atoms with Gasteiger partial charge < -0.3 is 10.2 Å². The number of carbonyl (C=O) groups excluding carboxylic acids is 3. The standard InChI is InChI=1S/C14H16N2O4/c1-3-16(20-14(19)15-2)13(18)12-9-5-4-7-11(12)8-6-10-17/h4-10H,3H2,1-2H3,(H,15,19)/b8-6+. The van der Waals surface area contributed by atoms with Crippen LogP contribution in [0.2, 0.25) is 0 Å². The van der Waals surface area contributed by atoms with Crippen LogP contribution in [-0.4, -0.2) is 36.9 Å². The molecule has 0 aliphatic rings. The van der Waals surface area contributed by atoms with Crippen molar-refractivity contribution < 1.29 is 19.2 Å². The van der Waals surface area contributed by atoms with E-state index in [9.17, 15) is 14.4 Å². The predicted molar refractivity (Wildman–Crippen MR) is 73.8 cm³/mol. The molecule has 1 rings (SSSR count). The molecule has 1 aromatic rings. The molecule has 1 aromatic carbocycles. The maximum absolute atomic E-state index is 12.3. The lowest BCUT2D eigenvalue weighted by Crippen LogP contribution is -2.36. The Morgan fingerprint density at radius 1 is 1.35 bits per heavy atom. The summed E-state index contributed by atoms with van der Waals surface area (Å²) in [5, 5.41) is 3.22. The van der Waals surface area contributed by atoms with Crippen LogP contribution in [0.4, 0.5) is 4.79 Å². The van der Waals surface area contributed by atoms with Crippen LogP contribution in [-0.2, 0) is 9.63 Å². The summed E-state index contributed by atoms with van der Waals surface area (Å²) < 4.78 is 0. The van der Waals surface area contributed by atoms with E-state index in [4.69, 9.17) is 4.84 Å². The Labute approximate surface area is 117 Å². The molecule has 0 saturated heterocycles. The average Bonchev–Trinajstić information content (AvgIpc) is 2.49. The lowest BCUT2D eigenvalue weighted by atomic mass is 10.1. The second-order valence-corrected chi connectivity index (χ2v) is 3.71. The molecule has 2 amide bonds. The van der Waals surface area contributed by atoms with Gasteiger partial charge in [0.2, 0.25) is 0 Å². The van der Waals surface area contributed by atoms with Gasteiger partial charge >= 0.3 is 6.09 Å². The Balaban J connectivity index is 3.03. The molecule has 0 heterocycles.